The Kier molecular flexibility index (Phi) is 8.67. The maximum atomic E-state index is 11.6. The molecule has 0 heterocycles. The summed E-state index contributed by atoms with van der Waals surface area (Å²) in [6.45, 7) is 1.75. The van der Waals surface area contributed by atoms with E-state index in [1.54, 1.807) is 0 Å². The Hall–Kier alpha value is -0.280. The first-order chi connectivity index (χ1) is 7.24. The first kappa shape index (κ1) is 15.7. The van der Waals surface area contributed by atoms with E-state index >= 15 is 0 Å². The van der Waals surface area contributed by atoms with Gasteiger partial charge in [0.1, 0.15) is 0 Å². The number of hydrogen-bond donors (Lipinski definition) is 1. The molecule has 1 aliphatic rings. The molecule has 2 N–H and O–H groups in total. The fraction of sp³-hybridized carbons (Fsp3) is 0.917. The van der Waals surface area contributed by atoms with Gasteiger partial charge >= 0.3 is 0 Å². The number of rotatable bonds is 8. The highest BCUT2D eigenvalue weighted by molar-refractivity contribution is 5.85. The van der Waals surface area contributed by atoms with Gasteiger partial charge in [0.15, 0.2) is 0 Å². The molecule has 0 radical (unpaired) electrons. The van der Waals surface area contributed by atoms with Gasteiger partial charge in [0.05, 0.1) is 0 Å². The molecule has 16 heavy (non-hydrogen) atoms. The second-order valence-corrected chi connectivity index (χ2v) is 4.67. The van der Waals surface area contributed by atoms with Crippen molar-refractivity contribution in [3.05, 3.63) is 0 Å². The number of nitrogens with two attached hydrogens (primary N) is 1. The SMILES string of the molecule is CN(CC1CC1)C(=O)CCCCCCN.Cl. The van der Waals surface area contributed by atoms with Crippen molar-refractivity contribution in [1.82, 2.24) is 4.90 Å². The maximum Gasteiger partial charge on any atom is 0.222 e. The number of amides is 1. The number of hydrogen-bond acceptors (Lipinski definition) is 2. The third-order valence-electron chi connectivity index (χ3n) is 3.00. The van der Waals surface area contributed by atoms with Gasteiger partial charge in [0, 0.05) is 20.0 Å². The lowest BCUT2D eigenvalue weighted by atomic mass is 10.1. The Bertz CT molecular complexity index is 195. The average molecular weight is 249 g/mol. The highest BCUT2D eigenvalue weighted by Gasteiger charge is 2.24. The van der Waals surface area contributed by atoms with Crippen LogP contribution in [0.4, 0.5) is 0 Å². The second-order valence-electron chi connectivity index (χ2n) is 4.67. The van der Waals surface area contributed by atoms with Crippen LogP contribution >= 0.6 is 12.4 Å². The highest BCUT2D eigenvalue weighted by atomic mass is 35.5. The van der Waals surface area contributed by atoms with E-state index in [4.69, 9.17) is 5.73 Å². The van der Waals surface area contributed by atoms with E-state index < -0.39 is 0 Å². The number of unbranched alkanes of at least 4 members (excludes halogenated alkanes) is 3. The molecule has 0 aromatic rings. The lowest BCUT2D eigenvalue weighted by Crippen LogP contribution is -2.28. The molecule has 1 saturated carbocycles. The van der Waals surface area contributed by atoms with Crippen molar-refractivity contribution in [2.75, 3.05) is 20.1 Å². The van der Waals surface area contributed by atoms with Crippen LogP contribution in [0.15, 0.2) is 0 Å². The van der Waals surface area contributed by atoms with E-state index in [2.05, 4.69) is 0 Å². The minimum atomic E-state index is 0. The van der Waals surface area contributed by atoms with Crippen molar-refractivity contribution in [2.24, 2.45) is 11.7 Å². The zero-order valence-corrected chi connectivity index (χ0v) is 11.1. The summed E-state index contributed by atoms with van der Waals surface area (Å²) in [5, 5.41) is 0. The minimum Gasteiger partial charge on any atom is -0.345 e. The van der Waals surface area contributed by atoms with Crippen LogP contribution in [0.1, 0.15) is 44.9 Å². The molecule has 96 valence electrons. The van der Waals surface area contributed by atoms with Crippen LogP contribution in [0.5, 0.6) is 0 Å². The molecular weight excluding hydrogens is 224 g/mol. The molecule has 0 saturated heterocycles. The summed E-state index contributed by atoms with van der Waals surface area (Å²) in [5.74, 6) is 1.12. The van der Waals surface area contributed by atoms with Crippen molar-refractivity contribution >= 4 is 18.3 Å². The van der Waals surface area contributed by atoms with Crippen molar-refractivity contribution in [3.8, 4) is 0 Å². The van der Waals surface area contributed by atoms with Crippen molar-refractivity contribution < 1.29 is 4.79 Å². The normalized spacial score (nSPS) is 14.4. The van der Waals surface area contributed by atoms with Crippen LogP contribution in [0.25, 0.3) is 0 Å². The number of carbonyl (C=O) groups excluding carboxylic acids is 1. The Balaban J connectivity index is 0.00000225. The van der Waals surface area contributed by atoms with Crippen molar-refractivity contribution in [2.45, 2.75) is 44.9 Å². The van der Waals surface area contributed by atoms with Crippen LogP contribution in [0.2, 0.25) is 0 Å². The average Bonchev–Trinajstić information content (AvgIpc) is 3.01. The summed E-state index contributed by atoms with van der Waals surface area (Å²) in [6.07, 6.45) is 7.76. The minimum absolute atomic E-state index is 0. The summed E-state index contributed by atoms with van der Waals surface area (Å²) in [7, 11) is 1.93. The van der Waals surface area contributed by atoms with Gasteiger partial charge < -0.3 is 10.6 Å². The third kappa shape index (κ3) is 7.07. The topological polar surface area (TPSA) is 46.3 Å². The van der Waals surface area contributed by atoms with Gasteiger partial charge in [-0.15, -0.1) is 12.4 Å². The Labute approximate surface area is 105 Å². The van der Waals surface area contributed by atoms with Gasteiger partial charge in [-0.3, -0.25) is 4.79 Å². The fourth-order valence-corrected chi connectivity index (χ4v) is 1.75. The van der Waals surface area contributed by atoms with Crippen molar-refractivity contribution in [3.63, 3.8) is 0 Å². The maximum absolute atomic E-state index is 11.6. The monoisotopic (exact) mass is 248 g/mol. The van der Waals surface area contributed by atoms with Gasteiger partial charge in [0.25, 0.3) is 0 Å². The molecule has 1 amide bonds. The number of nitrogens with zero attached hydrogens (tertiary/aromatic N) is 1. The smallest absolute Gasteiger partial charge is 0.222 e. The molecule has 1 rings (SSSR count). The number of halogens is 1. The fourth-order valence-electron chi connectivity index (χ4n) is 1.75. The molecule has 0 atom stereocenters. The molecule has 0 aliphatic heterocycles. The van der Waals surface area contributed by atoms with Crippen molar-refractivity contribution in [1.29, 1.82) is 0 Å². The van der Waals surface area contributed by atoms with Gasteiger partial charge in [-0.2, -0.15) is 0 Å². The predicted octanol–water partition coefficient (Wildman–Crippen LogP) is 2.19. The molecule has 1 aliphatic carbocycles. The standard InChI is InChI=1S/C12H24N2O.ClH/c1-14(10-11-7-8-11)12(15)6-4-2-3-5-9-13;/h11H,2-10,13H2,1H3;1H. The number of carbonyl (C=O) groups is 1. The molecule has 0 aromatic heterocycles. The first-order valence-electron chi connectivity index (χ1n) is 6.18. The Morgan fingerprint density at radius 2 is 1.88 bits per heavy atom. The second kappa shape index (κ2) is 8.82. The van der Waals surface area contributed by atoms with Crippen LogP contribution < -0.4 is 5.73 Å². The quantitative estimate of drug-likeness (QED) is 0.670. The predicted molar refractivity (Wildman–Crippen MR) is 69.7 cm³/mol. The molecule has 0 spiro atoms. The van der Waals surface area contributed by atoms with E-state index in [0.717, 1.165) is 44.7 Å². The van der Waals surface area contributed by atoms with Crippen LogP contribution in [-0.4, -0.2) is 30.9 Å². The molecule has 3 nitrogen and oxygen atoms in total. The van der Waals surface area contributed by atoms with E-state index in [1.807, 2.05) is 11.9 Å². The summed E-state index contributed by atoms with van der Waals surface area (Å²) in [4.78, 5) is 13.5. The van der Waals surface area contributed by atoms with E-state index in [9.17, 15) is 4.79 Å². The summed E-state index contributed by atoms with van der Waals surface area (Å²) < 4.78 is 0. The first-order valence-corrected chi connectivity index (χ1v) is 6.18. The molecule has 4 heteroatoms. The summed E-state index contributed by atoms with van der Waals surface area (Å²) in [5.41, 5.74) is 5.41. The Morgan fingerprint density at radius 3 is 2.44 bits per heavy atom. The molecule has 0 aromatic carbocycles. The van der Waals surface area contributed by atoms with Crippen LogP contribution in [0.3, 0.4) is 0 Å². The zero-order valence-electron chi connectivity index (χ0n) is 10.3. The van der Waals surface area contributed by atoms with E-state index in [-0.39, 0.29) is 12.4 Å². The summed E-state index contributed by atoms with van der Waals surface area (Å²) in [6, 6.07) is 0. The van der Waals surface area contributed by atoms with Gasteiger partial charge in [-0.1, -0.05) is 12.8 Å². The largest absolute Gasteiger partial charge is 0.345 e. The third-order valence-corrected chi connectivity index (χ3v) is 3.00. The summed E-state index contributed by atoms with van der Waals surface area (Å²) >= 11 is 0. The van der Waals surface area contributed by atoms with E-state index in [0.29, 0.717) is 12.3 Å². The van der Waals surface area contributed by atoms with Gasteiger partial charge in [-0.05, 0) is 38.1 Å². The van der Waals surface area contributed by atoms with E-state index in [1.165, 1.54) is 12.8 Å². The molecule has 1 fully saturated rings. The Morgan fingerprint density at radius 1 is 1.25 bits per heavy atom. The van der Waals surface area contributed by atoms with Gasteiger partial charge in [-0.25, -0.2) is 0 Å². The van der Waals surface area contributed by atoms with Crippen LogP contribution in [-0.2, 0) is 4.79 Å². The molecule has 0 unspecified atom stereocenters. The van der Waals surface area contributed by atoms with Crippen LogP contribution in [0, 0.1) is 5.92 Å². The highest BCUT2D eigenvalue weighted by Crippen LogP contribution is 2.29. The lowest BCUT2D eigenvalue weighted by molar-refractivity contribution is -0.130. The zero-order chi connectivity index (χ0) is 11.1. The lowest BCUT2D eigenvalue weighted by Gasteiger charge is -2.16. The molecular formula is C12H25ClN2O. The van der Waals surface area contributed by atoms with Gasteiger partial charge in [0.2, 0.25) is 5.91 Å². The molecule has 0 bridgehead atoms.